The number of hydrogen-bond acceptors (Lipinski definition) is 5. The van der Waals surface area contributed by atoms with Crippen LogP contribution in [0, 0.1) is 31.6 Å². The largest absolute Gasteiger partial charge is 0.288 e. The lowest BCUT2D eigenvalue weighted by atomic mass is 10.0. The monoisotopic (exact) mass is 329 g/mol. The summed E-state index contributed by atoms with van der Waals surface area (Å²) < 4.78 is 0. The summed E-state index contributed by atoms with van der Waals surface area (Å²) in [6, 6.07) is 11.6. The van der Waals surface area contributed by atoms with Gasteiger partial charge < -0.3 is 0 Å². The van der Waals surface area contributed by atoms with Crippen molar-refractivity contribution in [1.82, 2.24) is 0 Å². The van der Waals surface area contributed by atoms with Gasteiger partial charge in [-0.25, -0.2) is 0 Å². The molecule has 0 aliphatic heterocycles. The summed E-state index contributed by atoms with van der Waals surface area (Å²) in [5.41, 5.74) is 0.455. The molecule has 0 saturated heterocycles. The number of rotatable bonds is 4. The zero-order valence-electron chi connectivity index (χ0n) is 11.5. The summed E-state index contributed by atoms with van der Waals surface area (Å²) in [5.74, 6) is 0. The SMILES string of the molecule is N#C/C(=C/c1ccc(Cl)c([N+](=O)[O-])c1)c1cccc([N+](=O)[O-])c1. The van der Waals surface area contributed by atoms with Crippen LogP contribution in [0.25, 0.3) is 11.6 Å². The molecule has 2 aromatic carbocycles. The molecule has 0 amide bonds. The van der Waals surface area contributed by atoms with E-state index >= 15 is 0 Å². The molecule has 0 atom stereocenters. The number of nitrogens with zero attached hydrogens (tertiary/aromatic N) is 3. The first-order valence-electron chi connectivity index (χ1n) is 6.23. The van der Waals surface area contributed by atoms with Crippen LogP contribution in [0.5, 0.6) is 0 Å². The second-order valence-corrected chi connectivity index (χ2v) is 4.85. The van der Waals surface area contributed by atoms with Crippen LogP contribution in [-0.4, -0.2) is 9.85 Å². The Kier molecular flexibility index (Phi) is 4.69. The Morgan fingerprint density at radius 2 is 1.87 bits per heavy atom. The van der Waals surface area contributed by atoms with Gasteiger partial charge in [0.2, 0.25) is 0 Å². The Balaban J connectivity index is 2.50. The van der Waals surface area contributed by atoms with E-state index in [0.717, 1.165) is 0 Å². The smallest absolute Gasteiger partial charge is 0.258 e. The van der Waals surface area contributed by atoms with Crippen molar-refractivity contribution in [2.75, 3.05) is 0 Å². The predicted molar refractivity (Wildman–Crippen MR) is 84.7 cm³/mol. The van der Waals surface area contributed by atoms with Crippen LogP contribution in [-0.2, 0) is 0 Å². The molecule has 0 fully saturated rings. The first kappa shape index (κ1) is 16.1. The number of hydrogen-bond donors (Lipinski definition) is 0. The normalized spacial score (nSPS) is 10.9. The van der Waals surface area contributed by atoms with E-state index in [0.29, 0.717) is 11.1 Å². The van der Waals surface area contributed by atoms with Crippen molar-refractivity contribution >= 4 is 34.6 Å². The van der Waals surface area contributed by atoms with E-state index in [1.807, 2.05) is 6.07 Å². The molecule has 0 unspecified atom stereocenters. The number of halogens is 1. The molecule has 0 radical (unpaired) electrons. The Morgan fingerprint density at radius 3 is 2.48 bits per heavy atom. The van der Waals surface area contributed by atoms with Crippen LogP contribution in [0.2, 0.25) is 5.02 Å². The van der Waals surface area contributed by atoms with Crippen LogP contribution in [0.3, 0.4) is 0 Å². The van der Waals surface area contributed by atoms with E-state index < -0.39 is 9.85 Å². The molecule has 2 aromatic rings. The fourth-order valence-electron chi connectivity index (χ4n) is 1.89. The van der Waals surface area contributed by atoms with Crippen molar-refractivity contribution in [1.29, 1.82) is 5.26 Å². The van der Waals surface area contributed by atoms with Crippen LogP contribution in [0.15, 0.2) is 42.5 Å². The third-order valence-electron chi connectivity index (χ3n) is 2.97. The van der Waals surface area contributed by atoms with E-state index in [1.54, 1.807) is 6.07 Å². The molecule has 0 bridgehead atoms. The van der Waals surface area contributed by atoms with Crippen molar-refractivity contribution < 1.29 is 9.85 Å². The standard InChI is InChI=1S/C15H8ClN3O4/c16-14-5-4-10(7-15(14)19(22)23)6-12(9-17)11-2-1-3-13(8-11)18(20)21/h1-8H/b12-6-. The first-order chi connectivity index (χ1) is 10.9. The zero-order chi connectivity index (χ0) is 17.0. The Bertz CT molecular complexity index is 871. The van der Waals surface area contributed by atoms with Crippen molar-refractivity contribution in [3.63, 3.8) is 0 Å². The molecule has 0 spiro atoms. The minimum atomic E-state index is -0.626. The summed E-state index contributed by atoms with van der Waals surface area (Å²) >= 11 is 5.73. The summed E-state index contributed by atoms with van der Waals surface area (Å²) in [4.78, 5) is 20.5. The Morgan fingerprint density at radius 1 is 1.13 bits per heavy atom. The van der Waals surface area contributed by atoms with Gasteiger partial charge in [0.25, 0.3) is 11.4 Å². The van der Waals surface area contributed by atoms with Crippen molar-refractivity contribution in [3.8, 4) is 6.07 Å². The van der Waals surface area contributed by atoms with Gasteiger partial charge in [0.05, 0.1) is 21.5 Å². The highest BCUT2D eigenvalue weighted by atomic mass is 35.5. The first-order valence-corrected chi connectivity index (χ1v) is 6.60. The fraction of sp³-hybridized carbons (Fsp3) is 0. The lowest BCUT2D eigenvalue weighted by molar-refractivity contribution is -0.385. The third-order valence-corrected chi connectivity index (χ3v) is 3.29. The molecule has 8 heteroatoms. The average molecular weight is 330 g/mol. The molecule has 0 heterocycles. The highest BCUT2D eigenvalue weighted by Gasteiger charge is 2.13. The van der Waals surface area contributed by atoms with E-state index in [4.69, 9.17) is 11.6 Å². The fourth-order valence-corrected chi connectivity index (χ4v) is 2.08. The van der Waals surface area contributed by atoms with Gasteiger partial charge in [-0.3, -0.25) is 20.2 Å². The number of benzene rings is 2. The van der Waals surface area contributed by atoms with Gasteiger partial charge in [0.1, 0.15) is 5.02 Å². The number of nitro benzene ring substituents is 2. The molecular formula is C15H8ClN3O4. The van der Waals surface area contributed by atoms with Crippen LogP contribution in [0.4, 0.5) is 11.4 Å². The maximum atomic E-state index is 10.9. The summed E-state index contributed by atoms with van der Waals surface area (Å²) in [5, 5.41) is 30.9. The number of nitro groups is 2. The van der Waals surface area contributed by atoms with Crippen LogP contribution >= 0.6 is 11.6 Å². The zero-order valence-corrected chi connectivity index (χ0v) is 12.2. The molecule has 0 aliphatic carbocycles. The molecule has 0 aliphatic rings. The van der Waals surface area contributed by atoms with E-state index in [-0.39, 0.29) is 22.0 Å². The Hall–Kier alpha value is -3.24. The molecular weight excluding hydrogens is 322 g/mol. The van der Waals surface area contributed by atoms with E-state index in [1.165, 1.54) is 42.5 Å². The molecule has 0 N–H and O–H groups in total. The highest BCUT2D eigenvalue weighted by Crippen LogP contribution is 2.28. The molecule has 7 nitrogen and oxygen atoms in total. The maximum Gasteiger partial charge on any atom is 0.288 e. The lowest BCUT2D eigenvalue weighted by Gasteiger charge is -2.01. The third kappa shape index (κ3) is 3.70. The molecule has 114 valence electrons. The predicted octanol–water partition coefficient (Wildman–Crippen LogP) is 4.22. The molecule has 0 saturated carbocycles. The molecule has 2 rings (SSSR count). The minimum absolute atomic E-state index is 0.0130. The second kappa shape index (κ2) is 6.68. The van der Waals surface area contributed by atoms with Crippen molar-refractivity contribution in [2.45, 2.75) is 0 Å². The summed E-state index contributed by atoms with van der Waals surface area (Å²) in [6.45, 7) is 0. The van der Waals surface area contributed by atoms with E-state index in [9.17, 15) is 25.5 Å². The second-order valence-electron chi connectivity index (χ2n) is 4.45. The summed E-state index contributed by atoms with van der Waals surface area (Å²) in [7, 11) is 0. The van der Waals surface area contributed by atoms with Gasteiger partial charge in [0, 0.05) is 18.2 Å². The number of allylic oxidation sites excluding steroid dienone is 1. The highest BCUT2D eigenvalue weighted by molar-refractivity contribution is 6.32. The topological polar surface area (TPSA) is 110 Å². The summed E-state index contributed by atoms with van der Waals surface area (Å²) in [6.07, 6.45) is 1.41. The van der Waals surface area contributed by atoms with E-state index in [2.05, 4.69) is 0 Å². The lowest BCUT2D eigenvalue weighted by Crippen LogP contribution is -1.91. The van der Waals surface area contributed by atoms with Gasteiger partial charge in [-0.15, -0.1) is 0 Å². The van der Waals surface area contributed by atoms with Crippen molar-refractivity contribution in [3.05, 3.63) is 78.8 Å². The maximum absolute atomic E-state index is 10.9. The average Bonchev–Trinajstić information content (AvgIpc) is 2.53. The van der Waals surface area contributed by atoms with Gasteiger partial charge in [-0.1, -0.05) is 29.8 Å². The van der Waals surface area contributed by atoms with Crippen LogP contribution in [0.1, 0.15) is 11.1 Å². The minimum Gasteiger partial charge on any atom is -0.258 e. The van der Waals surface area contributed by atoms with Gasteiger partial charge in [0.15, 0.2) is 0 Å². The quantitative estimate of drug-likeness (QED) is 0.361. The number of non-ortho nitro benzene ring substituents is 1. The molecule has 23 heavy (non-hydrogen) atoms. The number of nitriles is 1. The van der Waals surface area contributed by atoms with Crippen molar-refractivity contribution in [2.24, 2.45) is 0 Å². The van der Waals surface area contributed by atoms with Gasteiger partial charge in [-0.2, -0.15) is 5.26 Å². The molecule has 0 aromatic heterocycles. The Labute approximate surface area is 135 Å². The van der Waals surface area contributed by atoms with Gasteiger partial charge in [-0.05, 0) is 23.3 Å². The van der Waals surface area contributed by atoms with Gasteiger partial charge >= 0.3 is 0 Å². The van der Waals surface area contributed by atoms with Crippen LogP contribution < -0.4 is 0 Å².